The minimum Gasteiger partial charge on any atom is -0.382 e. The number of halogens is 1. The van der Waals surface area contributed by atoms with Crippen molar-refractivity contribution in [2.75, 3.05) is 26.8 Å². The van der Waals surface area contributed by atoms with Crippen molar-refractivity contribution in [2.24, 2.45) is 0 Å². The van der Waals surface area contributed by atoms with Gasteiger partial charge < -0.3 is 10.1 Å². The molecule has 0 aliphatic heterocycles. The number of ether oxygens (including phenoxy) is 1. The Bertz CT molecular complexity index is 590. The average Bonchev–Trinajstić information content (AvgIpc) is 2.47. The van der Waals surface area contributed by atoms with Gasteiger partial charge in [0.25, 0.3) is 5.91 Å². The molecule has 0 heterocycles. The zero-order chi connectivity index (χ0) is 15.9. The van der Waals surface area contributed by atoms with E-state index in [9.17, 15) is 13.2 Å². The van der Waals surface area contributed by atoms with Crippen molar-refractivity contribution in [1.29, 1.82) is 0 Å². The summed E-state index contributed by atoms with van der Waals surface area (Å²) in [5, 5.41) is 2.88. The summed E-state index contributed by atoms with van der Waals surface area (Å²) < 4.78 is 30.8. The molecule has 0 aliphatic carbocycles. The van der Waals surface area contributed by atoms with Gasteiger partial charge in [-0.1, -0.05) is 11.6 Å². The molecule has 0 saturated heterocycles. The molecule has 0 atom stereocenters. The molecule has 0 bridgehead atoms. The quantitative estimate of drug-likeness (QED) is 0.704. The van der Waals surface area contributed by atoms with Crippen molar-refractivity contribution in [3.05, 3.63) is 28.8 Å². The molecular formula is C13H19ClN2O4S. The molecule has 1 aromatic carbocycles. The second-order valence-corrected chi connectivity index (χ2v) is 6.45. The Balaban J connectivity index is 2.78. The summed E-state index contributed by atoms with van der Waals surface area (Å²) in [5.74, 6) is -0.412. The summed E-state index contributed by atoms with van der Waals surface area (Å²) in [7, 11) is -2.31. The number of carbonyl (C=O) groups is 1. The predicted octanol–water partition coefficient (Wildman–Crippen LogP) is 1.40. The monoisotopic (exact) mass is 334 g/mol. The lowest BCUT2D eigenvalue weighted by atomic mass is 10.2. The Kier molecular flexibility index (Phi) is 7.10. The van der Waals surface area contributed by atoms with Crippen LogP contribution in [0, 0.1) is 0 Å². The van der Waals surface area contributed by atoms with E-state index in [4.69, 9.17) is 16.3 Å². The Morgan fingerprint density at radius 2 is 2.10 bits per heavy atom. The highest BCUT2D eigenvalue weighted by atomic mass is 35.5. The van der Waals surface area contributed by atoms with Crippen LogP contribution >= 0.6 is 11.6 Å². The molecular weight excluding hydrogens is 316 g/mol. The zero-order valence-electron chi connectivity index (χ0n) is 12.0. The van der Waals surface area contributed by atoms with Crippen LogP contribution in [-0.2, 0) is 14.8 Å². The van der Waals surface area contributed by atoms with E-state index >= 15 is 0 Å². The van der Waals surface area contributed by atoms with Crippen molar-refractivity contribution >= 4 is 27.5 Å². The number of sulfonamides is 1. The van der Waals surface area contributed by atoms with E-state index in [0.717, 1.165) is 0 Å². The predicted molar refractivity (Wildman–Crippen MR) is 81.1 cm³/mol. The standard InChI is InChI=1S/C13H19ClN2O4S/c1-3-20-8-4-7-16-13(17)11-9-10(5-6-12(11)14)21(18,19)15-2/h5-6,9,15H,3-4,7-8H2,1-2H3,(H,16,17). The van der Waals surface area contributed by atoms with E-state index in [1.54, 1.807) is 0 Å². The molecule has 1 amide bonds. The first-order valence-corrected chi connectivity index (χ1v) is 8.37. The largest absolute Gasteiger partial charge is 0.382 e. The number of amides is 1. The van der Waals surface area contributed by atoms with Gasteiger partial charge in [-0.2, -0.15) is 0 Å². The number of hydrogen-bond acceptors (Lipinski definition) is 4. The highest BCUT2D eigenvalue weighted by Gasteiger charge is 2.17. The normalized spacial score (nSPS) is 11.4. The first-order chi connectivity index (χ1) is 9.92. The van der Waals surface area contributed by atoms with Crippen LogP contribution in [0.1, 0.15) is 23.7 Å². The van der Waals surface area contributed by atoms with E-state index in [-0.39, 0.29) is 15.5 Å². The summed E-state index contributed by atoms with van der Waals surface area (Å²) in [5.41, 5.74) is 0.129. The topological polar surface area (TPSA) is 84.5 Å². The molecule has 0 radical (unpaired) electrons. The van der Waals surface area contributed by atoms with Crippen molar-refractivity contribution in [3.8, 4) is 0 Å². The van der Waals surface area contributed by atoms with Gasteiger partial charge in [-0.05, 0) is 38.6 Å². The molecule has 1 rings (SSSR count). The lowest BCUT2D eigenvalue weighted by molar-refractivity contribution is 0.0944. The molecule has 0 unspecified atom stereocenters. The first-order valence-electron chi connectivity index (χ1n) is 6.51. The minimum absolute atomic E-state index is 0.00568. The molecule has 6 nitrogen and oxygen atoms in total. The number of rotatable bonds is 8. The summed E-state index contributed by atoms with van der Waals surface area (Å²) >= 11 is 5.95. The fourth-order valence-corrected chi connectivity index (χ4v) is 2.54. The number of benzene rings is 1. The van der Waals surface area contributed by atoms with E-state index < -0.39 is 15.9 Å². The molecule has 8 heteroatoms. The number of hydrogen-bond donors (Lipinski definition) is 2. The summed E-state index contributed by atoms with van der Waals surface area (Å²) in [4.78, 5) is 12.0. The maximum atomic E-state index is 12.0. The SMILES string of the molecule is CCOCCCNC(=O)c1cc(S(=O)(=O)NC)ccc1Cl. The van der Waals surface area contributed by atoms with Crippen LogP contribution in [0.5, 0.6) is 0 Å². The van der Waals surface area contributed by atoms with Crippen LogP contribution in [0.25, 0.3) is 0 Å². The Hall–Kier alpha value is -1.15. The van der Waals surface area contributed by atoms with Gasteiger partial charge in [-0.15, -0.1) is 0 Å². The van der Waals surface area contributed by atoms with Crippen molar-refractivity contribution in [2.45, 2.75) is 18.2 Å². The maximum absolute atomic E-state index is 12.0. The van der Waals surface area contributed by atoms with Crippen LogP contribution in [0.2, 0.25) is 5.02 Å². The van der Waals surface area contributed by atoms with E-state index in [0.29, 0.717) is 26.2 Å². The van der Waals surface area contributed by atoms with Gasteiger partial charge in [0, 0.05) is 19.8 Å². The van der Waals surface area contributed by atoms with Crippen LogP contribution in [-0.4, -0.2) is 41.1 Å². The smallest absolute Gasteiger partial charge is 0.252 e. The van der Waals surface area contributed by atoms with Gasteiger partial charge in [-0.3, -0.25) is 4.79 Å². The lowest BCUT2D eigenvalue weighted by Gasteiger charge is -2.09. The van der Waals surface area contributed by atoms with Gasteiger partial charge in [0.1, 0.15) is 0 Å². The Morgan fingerprint density at radius 1 is 1.38 bits per heavy atom. The van der Waals surface area contributed by atoms with Gasteiger partial charge in [0.2, 0.25) is 10.0 Å². The molecule has 1 aromatic rings. The maximum Gasteiger partial charge on any atom is 0.252 e. The van der Waals surface area contributed by atoms with Crippen LogP contribution in [0.4, 0.5) is 0 Å². The highest BCUT2D eigenvalue weighted by molar-refractivity contribution is 7.89. The van der Waals surface area contributed by atoms with E-state index in [1.807, 2.05) is 6.92 Å². The number of nitrogens with one attached hydrogen (secondary N) is 2. The summed E-state index contributed by atoms with van der Waals surface area (Å²) in [6.07, 6.45) is 0.672. The third-order valence-corrected chi connectivity index (χ3v) is 4.46. The average molecular weight is 335 g/mol. The summed E-state index contributed by atoms with van der Waals surface area (Å²) in [6, 6.07) is 3.99. The minimum atomic E-state index is -3.61. The molecule has 21 heavy (non-hydrogen) atoms. The second kappa shape index (κ2) is 8.33. The molecule has 0 fully saturated rings. The molecule has 118 valence electrons. The Labute approximate surface area is 129 Å². The molecule has 2 N–H and O–H groups in total. The van der Waals surface area contributed by atoms with Gasteiger partial charge in [0.05, 0.1) is 15.5 Å². The lowest BCUT2D eigenvalue weighted by Crippen LogP contribution is -2.26. The van der Waals surface area contributed by atoms with Gasteiger partial charge in [0.15, 0.2) is 0 Å². The van der Waals surface area contributed by atoms with Crippen molar-refractivity contribution in [1.82, 2.24) is 10.0 Å². The number of carbonyl (C=O) groups excluding carboxylic acids is 1. The fourth-order valence-electron chi connectivity index (χ4n) is 1.58. The van der Waals surface area contributed by atoms with Gasteiger partial charge in [-0.25, -0.2) is 13.1 Å². The van der Waals surface area contributed by atoms with E-state index in [2.05, 4.69) is 10.0 Å². The molecule has 0 aliphatic rings. The van der Waals surface area contributed by atoms with Crippen molar-refractivity contribution < 1.29 is 17.9 Å². The summed E-state index contributed by atoms with van der Waals surface area (Å²) in [6.45, 7) is 3.51. The van der Waals surface area contributed by atoms with Crippen molar-refractivity contribution in [3.63, 3.8) is 0 Å². The molecule has 0 spiro atoms. The van der Waals surface area contributed by atoms with Gasteiger partial charge >= 0.3 is 0 Å². The van der Waals surface area contributed by atoms with Crippen LogP contribution in [0.15, 0.2) is 23.1 Å². The molecule has 0 aromatic heterocycles. The zero-order valence-corrected chi connectivity index (χ0v) is 13.6. The molecule has 0 saturated carbocycles. The fraction of sp³-hybridized carbons (Fsp3) is 0.462. The third kappa shape index (κ3) is 5.28. The first kappa shape index (κ1) is 17.9. The van der Waals surface area contributed by atoms with E-state index in [1.165, 1.54) is 25.2 Å². The van der Waals surface area contributed by atoms with Crippen LogP contribution < -0.4 is 10.0 Å². The van der Waals surface area contributed by atoms with Crippen LogP contribution in [0.3, 0.4) is 0 Å². The highest BCUT2D eigenvalue weighted by Crippen LogP contribution is 2.20. The Morgan fingerprint density at radius 3 is 2.71 bits per heavy atom. The third-order valence-electron chi connectivity index (χ3n) is 2.72. The second-order valence-electron chi connectivity index (χ2n) is 4.16.